The van der Waals surface area contributed by atoms with Crippen molar-refractivity contribution in [2.24, 2.45) is 0 Å². The van der Waals surface area contributed by atoms with Crippen LogP contribution in [0.1, 0.15) is 11.1 Å². The number of urea groups is 1. The topological polar surface area (TPSA) is 84.9 Å². The zero-order valence-electron chi connectivity index (χ0n) is 18.2. The number of hydrogen-bond acceptors (Lipinski definition) is 5. The molecule has 0 spiro atoms. The van der Waals surface area contributed by atoms with Gasteiger partial charge in [0.2, 0.25) is 0 Å². The van der Waals surface area contributed by atoms with Gasteiger partial charge in [-0.25, -0.2) is 9.69 Å². The van der Waals surface area contributed by atoms with Crippen LogP contribution in [0.25, 0.3) is 6.08 Å². The molecular formula is C25H17BrCl2N2O5. The van der Waals surface area contributed by atoms with Gasteiger partial charge in [-0.3, -0.25) is 14.9 Å². The van der Waals surface area contributed by atoms with Gasteiger partial charge in [-0.2, -0.15) is 0 Å². The lowest BCUT2D eigenvalue weighted by molar-refractivity contribution is -0.122. The van der Waals surface area contributed by atoms with Gasteiger partial charge in [-0.05, 0) is 65.7 Å². The van der Waals surface area contributed by atoms with Crippen LogP contribution in [0.2, 0.25) is 10.0 Å². The summed E-state index contributed by atoms with van der Waals surface area (Å²) >= 11 is 15.3. The normalized spacial score (nSPS) is 14.8. The smallest absolute Gasteiger partial charge is 0.335 e. The third kappa shape index (κ3) is 5.51. The van der Waals surface area contributed by atoms with E-state index in [4.69, 9.17) is 32.7 Å². The third-order valence-corrected chi connectivity index (χ3v) is 6.33. The van der Waals surface area contributed by atoms with Crippen LogP contribution in [0.5, 0.6) is 11.5 Å². The van der Waals surface area contributed by atoms with Crippen LogP contribution < -0.4 is 19.7 Å². The van der Waals surface area contributed by atoms with E-state index in [0.29, 0.717) is 32.8 Å². The van der Waals surface area contributed by atoms with Crippen LogP contribution in [0.15, 0.2) is 70.7 Å². The summed E-state index contributed by atoms with van der Waals surface area (Å²) in [5.41, 5.74) is 1.46. The van der Waals surface area contributed by atoms with Crippen molar-refractivity contribution in [2.75, 3.05) is 12.0 Å². The fraction of sp³-hybridized carbons (Fsp3) is 0.0800. The van der Waals surface area contributed by atoms with Crippen molar-refractivity contribution in [2.45, 2.75) is 6.61 Å². The number of amides is 4. The molecule has 0 saturated carbocycles. The maximum atomic E-state index is 13.1. The number of ether oxygens (including phenoxy) is 2. The van der Waals surface area contributed by atoms with Crippen molar-refractivity contribution < 1.29 is 23.9 Å². The van der Waals surface area contributed by atoms with Gasteiger partial charge in [0.25, 0.3) is 11.8 Å². The molecule has 10 heteroatoms. The minimum Gasteiger partial charge on any atom is -0.493 e. The number of carbonyl (C=O) groups excluding carboxylic acids is 3. The van der Waals surface area contributed by atoms with Gasteiger partial charge in [0.1, 0.15) is 12.2 Å². The number of anilines is 1. The van der Waals surface area contributed by atoms with Gasteiger partial charge in [0.05, 0.1) is 22.8 Å². The maximum Gasteiger partial charge on any atom is 0.335 e. The molecular weight excluding hydrogens is 559 g/mol. The summed E-state index contributed by atoms with van der Waals surface area (Å²) in [5, 5.41) is 3.08. The van der Waals surface area contributed by atoms with Crippen molar-refractivity contribution in [1.29, 1.82) is 0 Å². The van der Waals surface area contributed by atoms with E-state index in [1.54, 1.807) is 60.7 Å². The molecule has 0 unspecified atom stereocenters. The Balaban J connectivity index is 1.58. The molecule has 1 fully saturated rings. The number of nitrogens with zero attached hydrogens (tertiary/aromatic N) is 1. The lowest BCUT2D eigenvalue weighted by atomic mass is 10.1. The van der Waals surface area contributed by atoms with Crippen molar-refractivity contribution in [1.82, 2.24) is 5.32 Å². The molecule has 0 aliphatic carbocycles. The number of nitrogens with one attached hydrogen (secondary N) is 1. The minimum absolute atomic E-state index is 0.195. The highest BCUT2D eigenvalue weighted by Gasteiger charge is 2.36. The summed E-state index contributed by atoms with van der Waals surface area (Å²) in [6, 6.07) is 15.9. The summed E-state index contributed by atoms with van der Waals surface area (Å²) in [7, 11) is 1.48. The zero-order chi connectivity index (χ0) is 25.1. The second-order valence-corrected chi connectivity index (χ2v) is 9.11. The molecule has 1 saturated heterocycles. The fourth-order valence-corrected chi connectivity index (χ4v) is 3.92. The highest BCUT2D eigenvalue weighted by molar-refractivity contribution is 9.10. The van der Waals surface area contributed by atoms with Crippen LogP contribution in [0.3, 0.4) is 0 Å². The molecule has 4 amide bonds. The summed E-state index contributed by atoms with van der Waals surface area (Å²) < 4.78 is 12.1. The molecule has 1 aliphatic rings. The van der Waals surface area contributed by atoms with E-state index in [1.165, 1.54) is 13.2 Å². The standard InChI is InChI=1S/C25H17BrCl2N2O5/c1-34-22-12-14(3-9-21(22)35-13-15-2-8-19(27)20(28)11-15)10-18-23(31)29-25(33)30(24(18)32)17-6-4-16(26)5-7-17/h2-12H,13H2,1H3,(H,29,31,33)/b18-10-. The van der Waals surface area contributed by atoms with Crippen LogP contribution >= 0.6 is 39.1 Å². The summed E-state index contributed by atoms with van der Waals surface area (Å²) in [4.78, 5) is 38.8. The van der Waals surface area contributed by atoms with Crippen molar-refractivity contribution in [3.05, 3.63) is 91.9 Å². The number of imide groups is 2. The third-order valence-electron chi connectivity index (χ3n) is 5.06. The predicted octanol–water partition coefficient (Wildman–Crippen LogP) is 6.01. The monoisotopic (exact) mass is 574 g/mol. The molecule has 0 aromatic heterocycles. The predicted molar refractivity (Wildman–Crippen MR) is 137 cm³/mol. The minimum atomic E-state index is -0.817. The zero-order valence-corrected chi connectivity index (χ0v) is 21.3. The molecule has 4 rings (SSSR count). The Kier molecular flexibility index (Phi) is 7.45. The van der Waals surface area contributed by atoms with Crippen molar-refractivity contribution >= 4 is 68.7 Å². The van der Waals surface area contributed by atoms with Gasteiger partial charge < -0.3 is 9.47 Å². The quantitative estimate of drug-likeness (QED) is 0.287. The molecule has 178 valence electrons. The number of carbonyl (C=O) groups is 3. The Hall–Kier alpha value is -3.33. The second-order valence-electron chi connectivity index (χ2n) is 7.38. The number of halogens is 3. The Morgan fingerprint density at radius 2 is 1.69 bits per heavy atom. The molecule has 1 N–H and O–H groups in total. The molecule has 35 heavy (non-hydrogen) atoms. The summed E-state index contributed by atoms with van der Waals surface area (Å²) in [6.45, 7) is 0.221. The van der Waals surface area contributed by atoms with Crippen LogP contribution in [0.4, 0.5) is 10.5 Å². The van der Waals surface area contributed by atoms with Gasteiger partial charge >= 0.3 is 6.03 Å². The molecule has 1 aliphatic heterocycles. The van der Waals surface area contributed by atoms with Gasteiger partial charge in [-0.15, -0.1) is 0 Å². The first kappa shape index (κ1) is 24.8. The van der Waals surface area contributed by atoms with Crippen LogP contribution in [0, 0.1) is 0 Å². The first-order valence-corrected chi connectivity index (χ1v) is 11.7. The summed E-state index contributed by atoms with van der Waals surface area (Å²) in [6.07, 6.45) is 1.39. The lowest BCUT2D eigenvalue weighted by Crippen LogP contribution is -2.54. The number of barbiturate groups is 1. The highest BCUT2D eigenvalue weighted by Crippen LogP contribution is 2.31. The largest absolute Gasteiger partial charge is 0.493 e. The molecule has 3 aromatic rings. The van der Waals surface area contributed by atoms with E-state index in [1.807, 2.05) is 0 Å². The van der Waals surface area contributed by atoms with Crippen molar-refractivity contribution in [3.63, 3.8) is 0 Å². The first-order valence-electron chi connectivity index (χ1n) is 10.2. The number of methoxy groups -OCH3 is 1. The van der Waals surface area contributed by atoms with E-state index in [9.17, 15) is 14.4 Å². The van der Waals surface area contributed by atoms with E-state index < -0.39 is 17.8 Å². The van der Waals surface area contributed by atoms with Gasteiger partial charge in [0, 0.05) is 4.47 Å². The van der Waals surface area contributed by atoms with E-state index in [-0.39, 0.29) is 12.2 Å². The molecule has 0 atom stereocenters. The van der Waals surface area contributed by atoms with Gasteiger partial charge in [0.15, 0.2) is 11.5 Å². The van der Waals surface area contributed by atoms with Crippen LogP contribution in [-0.4, -0.2) is 25.0 Å². The van der Waals surface area contributed by atoms with Gasteiger partial charge in [-0.1, -0.05) is 51.3 Å². The van der Waals surface area contributed by atoms with E-state index >= 15 is 0 Å². The van der Waals surface area contributed by atoms with E-state index in [2.05, 4.69) is 21.2 Å². The second kappa shape index (κ2) is 10.5. The molecule has 0 radical (unpaired) electrons. The Labute approximate surface area is 219 Å². The Bertz CT molecular complexity index is 1360. The molecule has 0 bridgehead atoms. The average Bonchev–Trinajstić information content (AvgIpc) is 2.84. The molecule has 1 heterocycles. The first-order chi connectivity index (χ1) is 16.8. The Morgan fingerprint density at radius 3 is 2.37 bits per heavy atom. The van der Waals surface area contributed by atoms with Crippen LogP contribution in [-0.2, 0) is 16.2 Å². The fourth-order valence-electron chi connectivity index (χ4n) is 3.33. The number of hydrogen-bond donors (Lipinski definition) is 1. The SMILES string of the molecule is COc1cc(/C=C2/C(=O)NC(=O)N(c3ccc(Br)cc3)C2=O)ccc1OCc1ccc(Cl)c(Cl)c1. The average molecular weight is 576 g/mol. The van der Waals surface area contributed by atoms with Crippen molar-refractivity contribution in [3.8, 4) is 11.5 Å². The molecule has 3 aromatic carbocycles. The summed E-state index contributed by atoms with van der Waals surface area (Å²) in [5.74, 6) is -0.678. The number of benzene rings is 3. The molecule has 7 nitrogen and oxygen atoms in total. The highest BCUT2D eigenvalue weighted by atomic mass is 79.9. The Morgan fingerprint density at radius 1 is 0.943 bits per heavy atom. The maximum absolute atomic E-state index is 13.1. The van der Waals surface area contributed by atoms with E-state index in [0.717, 1.165) is 14.9 Å². The lowest BCUT2D eigenvalue weighted by Gasteiger charge is -2.26. The number of rotatable bonds is 6.